The van der Waals surface area contributed by atoms with Gasteiger partial charge in [-0.1, -0.05) is 42.0 Å². The summed E-state index contributed by atoms with van der Waals surface area (Å²) in [6, 6.07) is 10.8. The minimum absolute atomic E-state index is 1.08. The fourth-order valence-corrected chi connectivity index (χ4v) is 2.33. The van der Waals surface area contributed by atoms with Gasteiger partial charge in [0, 0.05) is 19.6 Å². The Balaban J connectivity index is 1.85. The largest absolute Gasteiger partial charge is 0.319 e. The van der Waals surface area contributed by atoms with Crippen molar-refractivity contribution >= 4 is 0 Å². The van der Waals surface area contributed by atoms with Crippen molar-refractivity contribution in [1.29, 1.82) is 0 Å². The molecular weight excluding hydrogens is 208 g/mol. The Morgan fingerprint density at radius 1 is 1.24 bits per heavy atom. The van der Waals surface area contributed by atoms with Crippen LogP contribution in [0.5, 0.6) is 0 Å². The fourth-order valence-electron chi connectivity index (χ4n) is 2.33. The van der Waals surface area contributed by atoms with E-state index in [1.165, 1.54) is 24.9 Å². The molecule has 17 heavy (non-hydrogen) atoms. The summed E-state index contributed by atoms with van der Waals surface area (Å²) in [5.41, 5.74) is 3.00. The molecule has 1 aromatic carbocycles. The molecule has 0 unspecified atom stereocenters. The standard InChI is InChI=1S/C15H22N2/c1-16-10-9-15-8-5-11-17(13-15)12-14-6-3-2-4-7-14/h2-4,6-8,16H,5,9-13H2,1H3. The van der Waals surface area contributed by atoms with E-state index >= 15 is 0 Å². The Hall–Kier alpha value is -1.12. The second-order valence-corrected chi connectivity index (χ2v) is 4.70. The van der Waals surface area contributed by atoms with Crippen LogP contribution in [-0.2, 0) is 6.54 Å². The molecule has 1 aliphatic heterocycles. The summed E-state index contributed by atoms with van der Waals surface area (Å²) in [5.74, 6) is 0. The minimum Gasteiger partial charge on any atom is -0.319 e. The highest BCUT2D eigenvalue weighted by molar-refractivity contribution is 5.16. The van der Waals surface area contributed by atoms with Crippen molar-refractivity contribution in [2.45, 2.75) is 19.4 Å². The number of rotatable bonds is 5. The molecule has 2 rings (SSSR count). The van der Waals surface area contributed by atoms with E-state index in [-0.39, 0.29) is 0 Å². The minimum atomic E-state index is 1.08. The molecule has 0 atom stereocenters. The Kier molecular flexibility index (Phi) is 4.77. The zero-order valence-corrected chi connectivity index (χ0v) is 10.7. The lowest BCUT2D eigenvalue weighted by molar-refractivity contribution is 0.279. The predicted molar refractivity (Wildman–Crippen MR) is 73.0 cm³/mol. The molecule has 0 spiro atoms. The lowest BCUT2D eigenvalue weighted by Crippen LogP contribution is -2.30. The normalized spacial score (nSPS) is 16.9. The van der Waals surface area contributed by atoms with Crippen LogP contribution in [-0.4, -0.2) is 31.6 Å². The smallest absolute Gasteiger partial charge is 0.0237 e. The predicted octanol–water partition coefficient (Wildman–Crippen LogP) is 2.43. The summed E-state index contributed by atoms with van der Waals surface area (Å²) >= 11 is 0. The maximum absolute atomic E-state index is 3.22. The van der Waals surface area contributed by atoms with Crippen molar-refractivity contribution in [2.75, 3.05) is 26.7 Å². The van der Waals surface area contributed by atoms with E-state index in [1.54, 1.807) is 5.57 Å². The number of nitrogens with zero attached hydrogens (tertiary/aromatic N) is 1. The third kappa shape index (κ3) is 3.99. The third-order valence-corrected chi connectivity index (χ3v) is 3.25. The van der Waals surface area contributed by atoms with E-state index in [0.29, 0.717) is 0 Å². The number of benzene rings is 1. The van der Waals surface area contributed by atoms with Gasteiger partial charge in [0.1, 0.15) is 0 Å². The molecule has 1 aromatic rings. The number of nitrogens with one attached hydrogen (secondary N) is 1. The van der Waals surface area contributed by atoms with Crippen LogP contribution in [0, 0.1) is 0 Å². The maximum atomic E-state index is 3.22. The van der Waals surface area contributed by atoms with Crippen LogP contribution in [0.3, 0.4) is 0 Å². The van der Waals surface area contributed by atoms with Gasteiger partial charge in [-0.05, 0) is 32.0 Å². The van der Waals surface area contributed by atoms with Crippen LogP contribution < -0.4 is 5.32 Å². The summed E-state index contributed by atoms with van der Waals surface area (Å²) < 4.78 is 0. The van der Waals surface area contributed by atoms with Gasteiger partial charge in [-0.25, -0.2) is 0 Å². The monoisotopic (exact) mass is 230 g/mol. The van der Waals surface area contributed by atoms with Crippen LogP contribution in [0.15, 0.2) is 42.0 Å². The molecule has 1 aliphatic rings. The van der Waals surface area contributed by atoms with Crippen LogP contribution in [0.2, 0.25) is 0 Å². The molecule has 2 nitrogen and oxygen atoms in total. The Morgan fingerprint density at radius 2 is 2.06 bits per heavy atom. The van der Waals surface area contributed by atoms with Gasteiger partial charge in [0.05, 0.1) is 0 Å². The highest BCUT2D eigenvalue weighted by Gasteiger charge is 2.12. The van der Waals surface area contributed by atoms with Gasteiger partial charge in [-0.3, -0.25) is 4.90 Å². The zero-order valence-electron chi connectivity index (χ0n) is 10.7. The summed E-state index contributed by atoms with van der Waals surface area (Å²) in [6.07, 6.45) is 4.80. The van der Waals surface area contributed by atoms with Crippen molar-refractivity contribution in [3.05, 3.63) is 47.5 Å². The molecule has 92 valence electrons. The van der Waals surface area contributed by atoms with Crippen LogP contribution in [0.4, 0.5) is 0 Å². The Morgan fingerprint density at radius 3 is 2.82 bits per heavy atom. The molecule has 0 amide bonds. The van der Waals surface area contributed by atoms with Gasteiger partial charge in [0.15, 0.2) is 0 Å². The molecule has 0 bridgehead atoms. The zero-order chi connectivity index (χ0) is 11.9. The van der Waals surface area contributed by atoms with E-state index in [2.05, 4.69) is 46.6 Å². The Labute approximate surface area is 104 Å². The SMILES string of the molecule is CNCCC1=CCCN(Cc2ccccc2)C1. The first-order valence-corrected chi connectivity index (χ1v) is 6.47. The lowest BCUT2D eigenvalue weighted by Gasteiger charge is -2.27. The first kappa shape index (κ1) is 12.3. The van der Waals surface area contributed by atoms with E-state index in [0.717, 1.165) is 19.6 Å². The average molecular weight is 230 g/mol. The van der Waals surface area contributed by atoms with E-state index < -0.39 is 0 Å². The summed E-state index contributed by atoms with van der Waals surface area (Å²) in [5, 5.41) is 3.22. The van der Waals surface area contributed by atoms with Crippen LogP contribution in [0.1, 0.15) is 18.4 Å². The van der Waals surface area contributed by atoms with E-state index in [9.17, 15) is 0 Å². The highest BCUT2D eigenvalue weighted by Crippen LogP contribution is 2.15. The second kappa shape index (κ2) is 6.58. The number of hydrogen-bond donors (Lipinski definition) is 1. The first-order valence-electron chi connectivity index (χ1n) is 6.47. The molecule has 1 N–H and O–H groups in total. The molecule has 2 heteroatoms. The van der Waals surface area contributed by atoms with Crippen molar-refractivity contribution in [3.8, 4) is 0 Å². The van der Waals surface area contributed by atoms with Crippen molar-refractivity contribution in [2.24, 2.45) is 0 Å². The molecule has 1 heterocycles. The molecule has 0 aliphatic carbocycles. The van der Waals surface area contributed by atoms with Crippen molar-refractivity contribution in [3.63, 3.8) is 0 Å². The van der Waals surface area contributed by atoms with Gasteiger partial charge in [0.2, 0.25) is 0 Å². The molecule has 0 radical (unpaired) electrons. The summed E-state index contributed by atoms with van der Waals surface area (Å²) in [7, 11) is 2.02. The third-order valence-electron chi connectivity index (χ3n) is 3.25. The highest BCUT2D eigenvalue weighted by atomic mass is 15.1. The van der Waals surface area contributed by atoms with E-state index in [1.807, 2.05) is 7.05 Å². The average Bonchev–Trinajstić information content (AvgIpc) is 2.38. The number of hydrogen-bond acceptors (Lipinski definition) is 2. The van der Waals surface area contributed by atoms with Crippen LogP contribution >= 0.6 is 0 Å². The second-order valence-electron chi connectivity index (χ2n) is 4.70. The van der Waals surface area contributed by atoms with E-state index in [4.69, 9.17) is 0 Å². The van der Waals surface area contributed by atoms with Crippen molar-refractivity contribution < 1.29 is 0 Å². The lowest BCUT2D eigenvalue weighted by atomic mass is 10.1. The quantitative estimate of drug-likeness (QED) is 0.782. The summed E-state index contributed by atoms with van der Waals surface area (Å²) in [6.45, 7) is 4.50. The maximum Gasteiger partial charge on any atom is 0.0237 e. The fraction of sp³-hybridized carbons (Fsp3) is 0.467. The summed E-state index contributed by atoms with van der Waals surface area (Å²) in [4.78, 5) is 2.54. The topological polar surface area (TPSA) is 15.3 Å². The van der Waals surface area contributed by atoms with Gasteiger partial charge in [-0.2, -0.15) is 0 Å². The van der Waals surface area contributed by atoms with Gasteiger partial charge < -0.3 is 5.32 Å². The molecule has 0 aromatic heterocycles. The molecule has 0 fully saturated rings. The van der Waals surface area contributed by atoms with Crippen molar-refractivity contribution in [1.82, 2.24) is 10.2 Å². The van der Waals surface area contributed by atoms with Gasteiger partial charge in [-0.15, -0.1) is 0 Å². The van der Waals surface area contributed by atoms with Gasteiger partial charge in [0.25, 0.3) is 0 Å². The van der Waals surface area contributed by atoms with Crippen LogP contribution in [0.25, 0.3) is 0 Å². The first-order chi connectivity index (χ1) is 8.38. The van der Waals surface area contributed by atoms with Gasteiger partial charge >= 0.3 is 0 Å². The molecule has 0 saturated carbocycles. The molecule has 0 saturated heterocycles. The Bertz CT molecular complexity index is 356. The molecular formula is C15H22N2.